The molecule has 108 valence electrons. The highest BCUT2D eigenvalue weighted by Gasteiger charge is 2.11. The van der Waals surface area contributed by atoms with Gasteiger partial charge in [0.05, 0.1) is 0 Å². The van der Waals surface area contributed by atoms with E-state index < -0.39 is 0 Å². The van der Waals surface area contributed by atoms with Crippen molar-refractivity contribution in [1.29, 1.82) is 0 Å². The van der Waals surface area contributed by atoms with Crippen LogP contribution in [-0.2, 0) is 0 Å². The Morgan fingerprint density at radius 3 is 3.00 bits per heavy atom. The number of rotatable bonds is 7. The van der Waals surface area contributed by atoms with E-state index in [0.29, 0.717) is 22.9 Å². The Labute approximate surface area is 126 Å². The van der Waals surface area contributed by atoms with Gasteiger partial charge in [0, 0.05) is 29.3 Å². The maximum atomic E-state index is 11.9. The van der Waals surface area contributed by atoms with Gasteiger partial charge >= 0.3 is 0 Å². The fraction of sp³-hybridized carbons (Fsp3) is 0.357. The smallest absolute Gasteiger partial charge is 0.287 e. The van der Waals surface area contributed by atoms with Crippen LogP contribution in [0.5, 0.6) is 0 Å². The van der Waals surface area contributed by atoms with E-state index in [0.717, 1.165) is 23.3 Å². The highest BCUT2D eigenvalue weighted by Crippen LogP contribution is 2.22. The summed E-state index contributed by atoms with van der Waals surface area (Å²) >= 11 is 7.59. The fourth-order valence-corrected chi connectivity index (χ4v) is 2.68. The molecule has 1 amide bonds. The first-order valence-electron chi connectivity index (χ1n) is 6.36. The fourth-order valence-electron chi connectivity index (χ4n) is 1.72. The maximum Gasteiger partial charge on any atom is 0.287 e. The van der Waals surface area contributed by atoms with E-state index in [1.807, 2.05) is 0 Å². The van der Waals surface area contributed by atoms with Gasteiger partial charge in [0.25, 0.3) is 5.91 Å². The lowest BCUT2D eigenvalue weighted by Gasteiger charge is -2.02. The minimum absolute atomic E-state index is 0.209. The molecule has 0 saturated carbocycles. The van der Waals surface area contributed by atoms with Crippen LogP contribution in [0.3, 0.4) is 0 Å². The van der Waals surface area contributed by atoms with Gasteiger partial charge in [-0.1, -0.05) is 11.6 Å². The first-order valence-corrected chi connectivity index (χ1v) is 7.90. The molecule has 2 N–H and O–H groups in total. The highest BCUT2D eigenvalue weighted by molar-refractivity contribution is 7.99. The van der Waals surface area contributed by atoms with Gasteiger partial charge in [0.1, 0.15) is 5.58 Å². The summed E-state index contributed by atoms with van der Waals surface area (Å²) < 4.78 is 5.47. The molecule has 6 heteroatoms. The lowest BCUT2D eigenvalue weighted by Crippen LogP contribution is -2.25. The molecule has 20 heavy (non-hydrogen) atoms. The number of benzene rings is 1. The van der Waals surface area contributed by atoms with E-state index in [4.69, 9.17) is 21.1 Å². The number of halogens is 1. The van der Waals surface area contributed by atoms with E-state index in [1.165, 1.54) is 0 Å². The largest absolute Gasteiger partial charge is 0.451 e. The summed E-state index contributed by atoms with van der Waals surface area (Å²) in [6.07, 6.45) is 0.781. The van der Waals surface area contributed by atoms with Gasteiger partial charge in [-0.05, 0) is 36.4 Å². The third-order valence-corrected chi connectivity index (χ3v) is 3.99. The zero-order valence-electron chi connectivity index (χ0n) is 10.9. The number of aliphatic hydroxyl groups excluding tert-OH is 1. The third kappa shape index (κ3) is 4.16. The number of amides is 1. The third-order valence-electron chi connectivity index (χ3n) is 2.68. The van der Waals surface area contributed by atoms with E-state index in [-0.39, 0.29) is 12.5 Å². The van der Waals surface area contributed by atoms with Crippen molar-refractivity contribution in [2.45, 2.75) is 6.42 Å². The molecule has 0 saturated heterocycles. The molecular formula is C14H16ClNO3S. The van der Waals surface area contributed by atoms with Crippen molar-refractivity contribution in [2.24, 2.45) is 0 Å². The number of hydrogen-bond donors (Lipinski definition) is 2. The summed E-state index contributed by atoms with van der Waals surface area (Å²) in [5.41, 5.74) is 0.650. The average molecular weight is 314 g/mol. The van der Waals surface area contributed by atoms with Crippen LogP contribution >= 0.6 is 23.4 Å². The summed E-state index contributed by atoms with van der Waals surface area (Å²) in [6, 6.07) is 6.93. The molecule has 0 unspecified atom stereocenters. The first kappa shape index (κ1) is 15.2. The zero-order chi connectivity index (χ0) is 14.4. The molecule has 0 radical (unpaired) electrons. The zero-order valence-corrected chi connectivity index (χ0v) is 12.5. The second kappa shape index (κ2) is 7.57. The molecule has 1 aromatic carbocycles. The van der Waals surface area contributed by atoms with Crippen LogP contribution in [0.15, 0.2) is 28.7 Å². The predicted molar refractivity (Wildman–Crippen MR) is 82.6 cm³/mol. The van der Waals surface area contributed by atoms with Crippen molar-refractivity contribution in [3.63, 3.8) is 0 Å². The van der Waals surface area contributed by atoms with Gasteiger partial charge < -0.3 is 14.8 Å². The number of carbonyl (C=O) groups excluding carboxylic acids is 1. The molecule has 4 nitrogen and oxygen atoms in total. The Bertz CT molecular complexity index is 585. The number of furan rings is 1. The van der Waals surface area contributed by atoms with Gasteiger partial charge in [0.15, 0.2) is 5.76 Å². The SMILES string of the molecule is O=C(NCCSCCCO)c1cc2cc(Cl)ccc2o1. The minimum Gasteiger partial charge on any atom is -0.451 e. The van der Waals surface area contributed by atoms with Crippen LogP contribution in [0.1, 0.15) is 17.0 Å². The van der Waals surface area contributed by atoms with Crippen molar-refractivity contribution < 1.29 is 14.3 Å². The quantitative estimate of drug-likeness (QED) is 0.772. The van der Waals surface area contributed by atoms with Crippen LogP contribution in [0.25, 0.3) is 11.0 Å². The second-order valence-corrected chi connectivity index (χ2v) is 5.90. The average Bonchev–Trinajstić information content (AvgIpc) is 2.85. The molecule has 1 aromatic heterocycles. The molecule has 0 aliphatic carbocycles. The topological polar surface area (TPSA) is 62.5 Å². The Morgan fingerprint density at radius 1 is 1.35 bits per heavy atom. The summed E-state index contributed by atoms with van der Waals surface area (Å²) in [4.78, 5) is 11.9. The Morgan fingerprint density at radius 2 is 2.20 bits per heavy atom. The van der Waals surface area contributed by atoms with Gasteiger partial charge in [-0.15, -0.1) is 0 Å². The van der Waals surface area contributed by atoms with Crippen molar-refractivity contribution in [3.05, 3.63) is 35.0 Å². The van der Waals surface area contributed by atoms with E-state index in [9.17, 15) is 4.79 Å². The number of hydrogen-bond acceptors (Lipinski definition) is 4. The highest BCUT2D eigenvalue weighted by atomic mass is 35.5. The Kier molecular flexibility index (Phi) is 5.76. The van der Waals surface area contributed by atoms with Gasteiger partial charge in [-0.25, -0.2) is 0 Å². The molecule has 0 atom stereocenters. The van der Waals surface area contributed by atoms with E-state index in [1.54, 1.807) is 36.0 Å². The second-order valence-electron chi connectivity index (χ2n) is 4.24. The molecule has 0 aliphatic heterocycles. The minimum atomic E-state index is -0.222. The monoisotopic (exact) mass is 313 g/mol. The molecule has 0 bridgehead atoms. The molecule has 0 aliphatic rings. The Hall–Kier alpha value is -1.17. The summed E-state index contributed by atoms with van der Waals surface area (Å²) in [5, 5.41) is 12.9. The van der Waals surface area contributed by atoms with Crippen molar-refractivity contribution in [2.75, 3.05) is 24.7 Å². The van der Waals surface area contributed by atoms with E-state index >= 15 is 0 Å². The van der Waals surface area contributed by atoms with Crippen LogP contribution in [-0.4, -0.2) is 35.7 Å². The van der Waals surface area contributed by atoms with E-state index in [2.05, 4.69) is 5.32 Å². The van der Waals surface area contributed by atoms with Gasteiger partial charge in [-0.3, -0.25) is 4.79 Å². The number of fused-ring (bicyclic) bond motifs is 1. The lowest BCUT2D eigenvalue weighted by atomic mass is 10.2. The van der Waals surface area contributed by atoms with Crippen LogP contribution in [0, 0.1) is 0 Å². The molecule has 2 aromatic rings. The van der Waals surface area contributed by atoms with Crippen molar-refractivity contribution in [3.8, 4) is 0 Å². The summed E-state index contributed by atoms with van der Waals surface area (Å²) in [5.74, 6) is 1.79. The van der Waals surface area contributed by atoms with Crippen molar-refractivity contribution in [1.82, 2.24) is 5.32 Å². The van der Waals surface area contributed by atoms with Crippen LogP contribution in [0.4, 0.5) is 0 Å². The maximum absolute atomic E-state index is 11.9. The number of thioether (sulfide) groups is 1. The molecule has 2 rings (SSSR count). The van der Waals surface area contributed by atoms with Crippen LogP contribution < -0.4 is 5.32 Å². The number of aliphatic hydroxyl groups is 1. The van der Waals surface area contributed by atoms with Gasteiger partial charge in [0.2, 0.25) is 0 Å². The van der Waals surface area contributed by atoms with Crippen LogP contribution in [0.2, 0.25) is 5.02 Å². The summed E-state index contributed by atoms with van der Waals surface area (Å²) in [6.45, 7) is 0.785. The Balaban J connectivity index is 1.85. The molecule has 0 spiro atoms. The lowest BCUT2D eigenvalue weighted by molar-refractivity contribution is 0.0930. The number of carbonyl (C=O) groups is 1. The summed E-state index contributed by atoms with van der Waals surface area (Å²) in [7, 11) is 0. The predicted octanol–water partition coefficient (Wildman–Crippen LogP) is 2.93. The molecule has 1 heterocycles. The normalized spacial score (nSPS) is 10.9. The van der Waals surface area contributed by atoms with Crippen molar-refractivity contribution >= 4 is 40.2 Å². The molecule has 0 fully saturated rings. The molecular weight excluding hydrogens is 298 g/mol. The number of nitrogens with one attached hydrogen (secondary N) is 1. The van der Waals surface area contributed by atoms with Gasteiger partial charge in [-0.2, -0.15) is 11.8 Å². The standard InChI is InChI=1S/C14H16ClNO3S/c15-11-2-3-12-10(8-11)9-13(19-12)14(18)16-4-7-20-6-1-5-17/h2-3,8-9,17H,1,4-7H2,(H,16,18). The first-order chi connectivity index (χ1) is 9.70.